The monoisotopic (exact) mass is 643 g/mol. The fourth-order valence-electron chi connectivity index (χ4n) is 5.14. The summed E-state index contributed by atoms with van der Waals surface area (Å²) in [6.45, 7) is 1.16. The number of hydrogen-bond acceptors (Lipinski definition) is 7. The van der Waals surface area contributed by atoms with E-state index >= 15 is 0 Å². The number of nitrogens with zero attached hydrogens (tertiary/aromatic N) is 2. The molecule has 12 heteroatoms. The summed E-state index contributed by atoms with van der Waals surface area (Å²) in [6.07, 6.45) is 3.85. The van der Waals surface area contributed by atoms with Crippen molar-refractivity contribution in [2.24, 2.45) is 0 Å². The van der Waals surface area contributed by atoms with Gasteiger partial charge in [0.1, 0.15) is 18.3 Å². The van der Waals surface area contributed by atoms with Crippen LogP contribution >= 0.6 is 11.6 Å². The van der Waals surface area contributed by atoms with Crippen molar-refractivity contribution in [1.29, 1.82) is 0 Å². The van der Waals surface area contributed by atoms with Gasteiger partial charge in [0, 0.05) is 23.7 Å². The Morgan fingerprint density at radius 1 is 0.909 bits per heavy atom. The maximum Gasteiger partial charge on any atom is 0.264 e. The summed E-state index contributed by atoms with van der Waals surface area (Å²) < 4.78 is 45.2. The predicted octanol–water partition coefficient (Wildman–Crippen LogP) is 5.04. The van der Waals surface area contributed by atoms with Gasteiger partial charge in [-0.05, 0) is 73.9 Å². The summed E-state index contributed by atoms with van der Waals surface area (Å²) in [5, 5.41) is 3.47. The highest BCUT2D eigenvalue weighted by Gasteiger charge is 2.34. The van der Waals surface area contributed by atoms with Gasteiger partial charge in [-0.25, -0.2) is 8.42 Å². The van der Waals surface area contributed by atoms with E-state index in [1.54, 1.807) is 50.4 Å². The third kappa shape index (κ3) is 7.75. The van der Waals surface area contributed by atoms with Crippen LogP contribution in [0, 0.1) is 0 Å². The number of halogens is 1. The molecule has 236 valence electrons. The van der Waals surface area contributed by atoms with Gasteiger partial charge in [0.05, 0.1) is 31.9 Å². The van der Waals surface area contributed by atoms with E-state index in [1.807, 2.05) is 0 Å². The van der Waals surface area contributed by atoms with Crippen LogP contribution in [0.25, 0.3) is 0 Å². The normalized spacial score (nSPS) is 14.0. The van der Waals surface area contributed by atoms with Gasteiger partial charge in [-0.3, -0.25) is 13.9 Å². The van der Waals surface area contributed by atoms with Crippen LogP contribution in [-0.4, -0.2) is 65.1 Å². The van der Waals surface area contributed by atoms with Crippen molar-refractivity contribution < 1.29 is 32.2 Å². The van der Waals surface area contributed by atoms with Crippen LogP contribution in [-0.2, 0) is 26.2 Å². The average Bonchev–Trinajstić information content (AvgIpc) is 3.55. The minimum absolute atomic E-state index is 0.0545. The minimum atomic E-state index is -4.31. The number of methoxy groups -OCH3 is 3. The first-order valence-electron chi connectivity index (χ1n) is 14.3. The molecule has 0 saturated heterocycles. The Hall–Kier alpha value is -3.96. The number of hydrogen-bond donors (Lipinski definition) is 1. The number of rotatable bonds is 13. The van der Waals surface area contributed by atoms with Gasteiger partial charge in [0.2, 0.25) is 11.8 Å². The summed E-state index contributed by atoms with van der Waals surface area (Å²) in [7, 11) is 0.108. The molecule has 44 heavy (non-hydrogen) atoms. The van der Waals surface area contributed by atoms with Crippen molar-refractivity contribution in [2.45, 2.75) is 56.1 Å². The van der Waals surface area contributed by atoms with E-state index in [0.29, 0.717) is 16.5 Å². The first-order valence-corrected chi connectivity index (χ1v) is 16.1. The molecule has 3 aromatic rings. The largest absolute Gasteiger partial charge is 0.497 e. The molecular formula is C32H38ClN3O7S. The SMILES string of the molecule is COc1ccc(CN(C(=O)CN(c2ccc(Cl)cc2)S(=O)(=O)c2ccc(OC)c(OC)c2)[C@H](C)C(=O)NC2CCCC2)cc1. The first-order chi connectivity index (χ1) is 21.1. The number of benzene rings is 3. The lowest BCUT2D eigenvalue weighted by atomic mass is 10.1. The predicted molar refractivity (Wildman–Crippen MR) is 169 cm³/mol. The number of anilines is 1. The fourth-order valence-corrected chi connectivity index (χ4v) is 6.70. The van der Waals surface area contributed by atoms with Crippen LogP contribution in [0.5, 0.6) is 17.2 Å². The molecule has 1 aliphatic carbocycles. The van der Waals surface area contributed by atoms with E-state index < -0.39 is 28.5 Å². The summed E-state index contributed by atoms with van der Waals surface area (Å²) >= 11 is 6.11. The van der Waals surface area contributed by atoms with Crippen molar-refractivity contribution in [2.75, 3.05) is 32.2 Å². The molecule has 1 saturated carbocycles. The van der Waals surface area contributed by atoms with Crippen LogP contribution in [0.15, 0.2) is 71.6 Å². The third-order valence-corrected chi connectivity index (χ3v) is 9.74. The Morgan fingerprint density at radius 2 is 1.55 bits per heavy atom. The van der Waals surface area contributed by atoms with Crippen LogP contribution < -0.4 is 23.8 Å². The lowest BCUT2D eigenvalue weighted by Crippen LogP contribution is -2.52. The van der Waals surface area contributed by atoms with Crippen LogP contribution in [0.3, 0.4) is 0 Å². The molecule has 0 aliphatic heterocycles. The molecule has 2 amide bonds. The second-order valence-corrected chi connectivity index (χ2v) is 12.8. The molecule has 1 fully saturated rings. The van der Waals surface area contributed by atoms with E-state index in [0.717, 1.165) is 35.6 Å². The van der Waals surface area contributed by atoms with Gasteiger partial charge < -0.3 is 24.4 Å². The zero-order valence-corrected chi connectivity index (χ0v) is 26.9. The Kier molecular flexibility index (Phi) is 11.0. The molecule has 4 rings (SSSR count). The Morgan fingerprint density at radius 3 is 2.14 bits per heavy atom. The summed E-state index contributed by atoms with van der Waals surface area (Å²) in [4.78, 5) is 28.8. The smallest absolute Gasteiger partial charge is 0.264 e. The van der Waals surface area contributed by atoms with Crippen molar-refractivity contribution in [3.05, 3.63) is 77.3 Å². The Balaban J connectivity index is 1.71. The van der Waals surface area contributed by atoms with E-state index in [4.69, 9.17) is 25.8 Å². The lowest BCUT2D eigenvalue weighted by Gasteiger charge is -2.32. The Bertz CT molecular complexity index is 1540. The van der Waals surface area contributed by atoms with Crippen LogP contribution in [0.2, 0.25) is 5.02 Å². The molecule has 0 bridgehead atoms. The average molecular weight is 644 g/mol. The standard InChI is InChI=1S/C32H38ClN3O7S/c1-22(32(38)34-25-7-5-6-8-25)35(20-23-9-15-27(41-2)16-10-23)31(37)21-36(26-13-11-24(33)12-14-26)44(39,40)28-17-18-29(42-3)30(19-28)43-4/h9-19,22,25H,5-8,20-21H2,1-4H3,(H,34,38)/t22-/m1/s1. The highest BCUT2D eigenvalue weighted by atomic mass is 35.5. The van der Waals surface area contributed by atoms with Crippen molar-refractivity contribution in [3.63, 3.8) is 0 Å². The van der Waals surface area contributed by atoms with E-state index in [9.17, 15) is 18.0 Å². The Labute approximate surface area is 263 Å². The summed E-state index contributed by atoms with van der Waals surface area (Å²) in [5.74, 6) is 0.365. The maximum atomic E-state index is 14.2. The van der Waals surface area contributed by atoms with Gasteiger partial charge in [-0.1, -0.05) is 36.6 Å². The van der Waals surface area contributed by atoms with E-state index in [-0.39, 0.29) is 34.8 Å². The minimum Gasteiger partial charge on any atom is -0.497 e. The second-order valence-electron chi connectivity index (χ2n) is 10.5. The van der Waals surface area contributed by atoms with Crippen LogP contribution in [0.1, 0.15) is 38.2 Å². The van der Waals surface area contributed by atoms with Crippen molar-refractivity contribution in [3.8, 4) is 17.2 Å². The lowest BCUT2D eigenvalue weighted by molar-refractivity contribution is -0.139. The third-order valence-electron chi connectivity index (χ3n) is 7.72. The molecule has 0 unspecified atom stereocenters. The maximum absolute atomic E-state index is 14.2. The summed E-state index contributed by atoms with van der Waals surface area (Å²) in [6, 6.07) is 16.7. The molecule has 10 nitrogen and oxygen atoms in total. The molecule has 3 aromatic carbocycles. The molecule has 0 heterocycles. The first kappa shape index (κ1) is 32.9. The number of carbonyl (C=O) groups excluding carboxylic acids is 2. The molecule has 0 spiro atoms. The number of sulfonamides is 1. The molecule has 1 atom stereocenters. The molecule has 0 radical (unpaired) electrons. The van der Waals surface area contributed by atoms with Gasteiger partial charge in [0.15, 0.2) is 11.5 Å². The number of amides is 2. The van der Waals surface area contributed by atoms with Crippen molar-refractivity contribution >= 4 is 39.1 Å². The quantitative estimate of drug-likeness (QED) is 0.278. The number of ether oxygens (including phenoxy) is 3. The van der Waals surface area contributed by atoms with Gasteiger partial charge in [-0.15, -0.1) is 0 Å². The highest BCUT2D eigenvalue weighted by Crippen LogP contribution is 2.33. The van der Waals surface area contributed by atoms with E-state index in [1.165, 1.54) is 49.5 Å². The number of nitrogens with one attached hydrogen (secondary N) is 1. The highest BCUT2D eigenvalue weighted by molar-refractivity contribution is 7.92. The number of carbonyl (C=O) groups is 2. The molecule has 1 N–H and O–H groups in total. The van der Waals surface area contributed by atoms with Gasteiger partial charge in [-0.2, -0.15) is 0 Å². The van der Waals surface area contributed by atoms with Gasteiger partial charge >= 0.3 is 0 Å². The van der Waals surface area contributed by atoms with Crippen molar-refractivity contribution in [1.82, 2.24) is 10.2 Å². The molecule has 0 aromatic heterocycles. The van der Waals surface area contributed by atoms with Crippen LogP contribution in [0.4, 0.5) is 5.69 Å². The summed E-state index contributed by atoms with van der Waals surface area (Å²) in [5.41, 5.74) is 0.977. The zero-order valence-electron chi connectivity index (χ0n) is 25.3. The topological polar surface area (TPSA) is 114 Å². The zero-order chi connectivity index (χ0) is 31.9. The molecular weight excluding hydrogens is 606 g/mol. The molecule has 1 aliphatic rings. The second kappa shape index (κ2) is 14.7. The fraction of sp³-hybridized carbons (Fsp3) is 0.375. The van der Waals surface area contributed by atoms with Gasteiger partial charge in [0.25, 0.3) is 10.0 Å². The van der Waals surface area contributed by atoms with E-state index in [2.05, 4.69) is 5.32 Å².